The van der Waals surface area contributed by atoms with Crippen LogP contribution < -0.4 is 10.6 Å². The Hall–Kier alpha value is -3.53. The third-order valence-electron chi connectivity index (χ3n) is 6.23. The van der Waals surface area contributed by atoms with Gasteiger partial charge in [-0.1, -0.05) is 41.2 Å². The molecule has 2 heterocycles. The molecule has 0 fully saturated rings. The van der Waals surface area contributed by atoms with Crippen molar-refractivity contribution in [3.05, 3.63) is 69.7 Å². The van der Waals surface area contributed by atoms with Crippen molar-refractivity contribution < 1.29 is 14.0 Å². The number of amides is 2. The molecule has 0 saturated heterocycles. The Balaban J connectivity index is 1.15. The first kappa shape index (κ1) is 26.5. The standard InChI is InChI=1S/C27H31FN6O2S/c1-18-8-2-3-9-19(18)16-24(35)29-23-15-14-21(31-32-23)11-5-7-13-26-33-34-27(37-26)30-25(36)17-20-10-4-6-12-22(20)28/h3-4,9-10,14-15H,2,5-8,11-13,16-17H2,1H3,(H,29,32,35)(H,30,34,36). The molecule has 194 valence electrons. The van der Waals surface area contributed by atoms with Crippen molar-refractivity contribution in [3.63, 3.8) is 0 Å². The van der Waals surface area contributed by atoms with E-state index >= 15 is 0 Å². The zero-order chi connectivity index (χ0) is 26.0. The molecule has 0 saturated carbocycles. The van der Waals surface area contributed by atoms with E-state index < -0.39 is 0 Å². The van der Waals surface area contributed by atoms with Gasteiger partial charge in [0.25, 0.3) is 0 Å². The highest BCUT2D eigenvalue weighted by Gasteiger charge is 2.14. The number of anilines is 2. The van der Waals surface area contributed by atoms with E-state index in [1.165, 1.54) is 16.9 Å². The Labute approximate surface area is 219 Å². The number of nitrogens with one attached hydrogen (secondary N) is 2. The molecule has 8 nitrogen and oxygen atoms in total. The van der Waals surface area contributed by atoms with E-state index in [-0.39, 0.29) is 24.1 Å². The number of hydrogen-bond acceptors (Lipinski definition) is 7. The Kier molecular flexibility index (Phi) is 9.42. The van der Waals surface area contributed by atoms with Crippen molar-refractivity contribution in [3.8, 4) is 0 Å². The molecule has 37 heavy (non-hydrogen) atoms. The molecular weight excluding hydrogens is 491 g/mol. The van der Waals surface area contributed by atoms with Crippen LogP contribution in [0.1, 0.15) is 69.0 Å². The van der Waals surface area contributed by atoms with E-state index in [0.717, 1.165) is 54.8 Å². The second-order valence-corrected chi connectivity index (χ2v) is 10.2. The Morgan fingerprint density at radius 2 is 1.62 bits per heavy atom. The summed E-state index contributed by atoms with van der Waals surface area (Å²) in [6.45, 7) is 2.07. The summed E-state index contributed by atoms with van der Waals surface area (Å²) < 4.78 is 13.8. The molecule has 0 unspecified atom stereocenters. The summed E-state index contributed by atoms with van der Waals surface area (Å²) in [4.78, 5) is 24.5. The Bertz CT molecular complexity index is 1250. The first-order valence-electron chi connectivity index (χ1n) is 12.6. The van der Waals surface area contributed by atoms with Gasteiger partial charge >= 0.3 is 0 Å². The Morgan fingerprint density at radius 1 is 0.892 bits per heavy atom. The fraction of sp³-hybridized carbons (Fsp3) is 0.407. The van der Waals surface area contributed by atoms with Gasteiger partial charge in [-0.3, -0.25) is 9.59 Å². The van der Waals surface area contributed by atoms with Crippen molar-refractivity contribution in [1.29, 1.82) is 0 Å². The molecule has 4 rings (SSSR count). The highest BCUT2D eigenvalue weighted by molar-refractivity contribution is 7.15. The van der Waals surface area contributed by atoms with Crippen LogP contribution in [-0.4, -0.2) is 32.2 Å². The highest BCUT2D eigenvalue weighted by atomic mass is 32.1. The van der Waals surface area contributed by atoms with Crippen molar-refractivity contribution >= 4 is 34.1 Å². The molecule has 0 atom stereocenters. The molecular formula is C27H31FN6O2S. The average molecular weight is 523 g/mol. The summed E-state index contributed by atoms with van der Waals surface area (Å²) in [6.07, 6.45) is 14.3. The second-order valence-electron chi connectivity index (χ2n) is 9.19. The minimum atomic E-state index is -0.296. The van der Waals surface area contributed by atoms with Gasteiger partial charge in [-0.25, -0.2) is 4.39 Å². The summed E-state index contributed by atoms with van der Waals surface area (Å²) in [7, 11) is 0. The van der Waals surface area contributed by atoms with Crippen LogP contribution in [0.4, 0.5) is 15.3 Å². The summed E-state index contributed by atoms with van der Waals surface area (Å²) in [5, 5.41) is 23.3. The van der Waals surface area contributed by atoms with Gasteiger partial charge in [-0.15, -0.1) is 15.3 Å². The summed E-state index contributed by atoms with van der Waals surface area (Å²) in [5.41, 5.74) is 3.62. The van der Waals surface area contributed by atoms with Gasteiger partial charge in [0.1, 0.15) is 10.8 Å². The van der Waals surface area contributed by atoms with Crippen LogP contribution in [0.25, 0.3) is 0 Å². The first-order valence-corrected chi connectivity index (χ1v) is 13.4. The molecule has 0 aromatic carbocycles. The number of unbranched alkanes of at least 4 members (excludes halogenated alkanes) is 1. The lowest BCUT2D eigenvalue weighted by Gasteiger charge is -2.12. The maximum Gasteiger partial charge on any atom is 0.230 e. The molecule has 2 aliphatic carbocycles. The second kappa shape index (κ2) is 13.1. The minimum Gasteiger partial charge on any atom is -0.309 e. The van der Waals surface area contributed by atoms with E-state index in [1.807, 2.05) is 18.2 Å². The SMILES string of the molecule is CC1=C(CC(=O)Nc2ccc(CCCCc3nnc(NC(=O)CC4=C(F)CCC=C4)s3)nn2)C=CCC1. The van der Waals surface area contributed by atoms with Crippen LogP contribution in [0, 0.1) is 0 Å². The van der Waals surface area contributed by atoms with Crippen LogP contribution in [0.5, 0.6) is 0 Å². The van der Waals surface area contributed by atoms with Gasteiger partial charge in [-0.05, 0) is 68.7 Å². The van der Waals surface area contributed by atoms with Gasteiger partial charge in [-0.2, -0.15) is 5.10 Å². The smallest absolute Gasteiger partial charge is 0.230 e. The largest absolute Gasteiger partial charge is 0.309 e. The summed E-state index contributed by atoms with van der Waals surface area (Å²) in [5.74, 6) is -0.157. The third-order valence-corrected chi connectivity index (χ3v) is 7.13. The minimum absolute atomic E-state index is 0.00411. The molecule has 2 aliphatic rings. The van der Waals surface area contributed by atoms with E-state index in [9.17, 15) is 14.0 Å². The van der Waals surface area contributed by atoms with E-state index in [4.69, 9.17) is 0 Å². The lowest BCUT2D eigenvalue weighted by atomic mass is 9.96. The topological polar surface area (TPSA) is 110 Å². The number of halogens is 1. The molecule has 0 radical (unpaired) electrons. The number of aromatic nitrogens is 4. The van der Waals surface area contributed by atoms with Crippen LogP contribution in [-0.2, 0) is 22.4 Å². The van der Waals surface area contributed by atoms with Gasteiger partial charge in [0.15, 0.2) is 5.82 Å². The van der Waals surface area contributed by atoms with E-state index in [2.05, 4.69) is 44.0 Å². The van der Waals surface area contributed by atoms with Gasteiger partial charge in [0.2, 0.25) is 16.9 Å². The average Bonchev–Trinajstić information content (AvgIpc) is 3.32. The summed E-state index contributed by atoms with van der Waals surface area (Å²) >= 11 is 1.33. The van der Waals surface area contributed by atoms with E-state index in [1.54, 1.807) is 12.1 Å². The first-order chi connectivity index (χ1) is 18.0. The number of rotatable bonds is 11. The number of hydrogen-bond donors (Lipinski definition) is 2. The maximum atomic E-state index is 13.8. The highest BCUT2D eigenvalue weighted by Crippen LogP contribution is 2.24. The normalized spacial score (nSPS) is 15.3. The van der Waals surface area contributed by atoms with E-state index in [0.29, 0.717) is 35.8 Å². The molecule has 0 aliphatic heterocycles. The molecule has 2 amide bonds. The maximum absolute atomic E-state index is 13.8. The lowest BCUT2D eigenvalue weighted by Crippen LogP contribution is -2.14. The van der Waals surface area contributed by atoms with Crippen molar-refractivity contribution in [2.24, 2.45) is 0 Å². The fourth-order valence-electron chi connectivity index (χ4n) is 4.12. The summed E-state index contributed by atoms with van der Waals surface area (Å²) in [6, 6.07) is 3.66. The monoisotopic (exact) mass is 522 g/mol. The lowest BCUT2D eigenvalue weighted by molar-refractivity contribution is -0.116. The zero-order valence-corrected chi connectivity index (χ0v) is 21.7. The molecule has 2 aromatic heterocycles. The number of carbonyl (C=O) groups is 2. The van der Waals surface area contributed by atoms with Crippen LogP contribution in [0.15, 0.2) is 59.0 Å². The number of nitrogens with zero attached hydrogens (tertiary/aromatic N) is 4. The van der Waals surface area contributed by atoms with Crippen LogP contribution >= 0.6 is 11.3 Å². The van der Waals surface area contributed by atoms with Crippen molar-refractivity contribution in [1.82, 2.24) is 20.4 Å². The Morgan fingerprint density at radius 3 is 2.38 bits per heavy atom. The predicted octanol–water partition coefficient (Wildman–Crippen LogP) is 5.79. The van der Waals surface area contributed by atoms with Crippen LogP contribution in [0.3, 0.4) is 0 Å². The molecule has 2 N–H and O–H groups in total. The molecule has 2 aromatic rings. The predicted molar refractivity (Wildman–Crippen MR) is 143 cm³/mol. The van der Waals surface area contributed by atoms with Gasteiger partial charge in [0.05, 0.1) is 18.5 Å². The number of allylic oxidation sites excluding steroid dienone is 6. The molecule has 10 heteroatoms. The number of aryl methyl sites for hydroxylation is 2. The molecule has 0 bridgehead atoms. The fourth-order valence-corrected chi connectivity index (χ4v) is 4.92. The van der Waals surface area contributed by atoms with Gasteiger partial charge < -0.3 is 10.6 Å². The van der Waals surface area contributed by atoms with Gasteiger partial charge in [0, 0.05) is 12.8 Å². The zero-order valence-electron chi connectivity index (χ0n) is 20.9. The van der Waals surface area contributed by atoms with Crippen molar-refractivity contribution in [2.45, 2.75) is 71.1 Å². The molecule has 0 spiro atoms. The van der Waals surface area contributed by atoms with Crippen molar-refractivity contribution in [2.75, 3.05) is 10.6 Å². The quantitative estimate of drug-likeness (QED) is 0.362. The van der Waals surface area contributed by atoms with Crippen LogP contribution in [0.2, 0.25) is 0 Å². The third kappa shape index (κ3) is 8.24. The number of carbonyl (C=O) groups excluding carboxylic acids is 2.